The Morgan fingerprint density at radius 1 is 1.26 bits per heavy atom. The Morgan fingerprint density at radius 3 is 2.51 bits per heavy atom. The third-order valence-corrected chi connectivity index (χ3v) is 7.92. The van der Waals surface area contributed by atoms with Crippen LogP contribution in [0, 0.1) is 5.92 Å². The van der Waals surface area contributed by atoms with Crippen molar-refractivity contribution in [2.75, 3.05) is 39.2 Å². The first kappa shape index (κ1) is 35.1. The van der Waals surface area contributed by atoms with Crippen LogP contribution in [0.25, 0.3) is 0 Å². The Morgan fingerprint density at radius 2 is 1.95 bits per heavy atom. The highest BCUT2D eigenvalue weighted by molar-refractivity contribution is 8.02. The van der Waals surface area contributed by atoms with E-state index in [1.54, 1.807) is 18.7 Å². The second-order valence-corrected chi connectivity index (χ2v) is 11.2. The molecule has 2 N–H and O–H groups in total. The minimum Gasteiger partial charge on any atom is -0.367 e. The molecule has 2 fully saturated rings. The van der Waals surface area contributed by atoms with Gasteiger partial charge in [-0.3, -0.25) is 14.9 Å². The molecule has 4 rings (SSSR count). The van der Waals surface area contributed by atoms with Crippen LogP contribution in [0.5, 0.6) is 0 Å². The smallest absolute Gasteiger partial charge is 0.130 e. The molecule has 0 aromatic heterocycles. The summed E-state index contributed by atoms with van der Waals surface area (Å²) in [5.41, 5.74) is 5.56. The van der Waals surface area contributed by atoms with Crippen molar-refractivity contribution in [2.24, 2.45) is 26.6 Å². The van der Waals surface area contributed by atoms with E-state index in [1.807, 2.05) is 6.92 Å². The Hall–Kier alpha value is -1.94. The molecule has 9 heteroatoms. The zero-order valence-corrected chi connectivity index (χ0v) is 25.2. The third kappa shape index (κ3) is 13.8. The first-order valence-corrected chi connectivity index (χ1v) is 15.0. The molecular formula is C30H50FN5O2S. The monoisotopic (exact) mass is 563 g/mol. The number of carbonyl (C=O) groups excluding carboxylic acids is 1. The number of amidine groups is 1. The number of aldehydes is 1. The van der Waals surface area contributed by atoms with Gasteiger partial charge in [-0.1, -0.05) is 31.4 Å². The van der Waals surface area contributed by atoms with Crippen molar-refractivity contribution in [1.29, 1.82) is 0 Å². The number of alkyl halides is 1. The molecule has 0 aromatic carbocycles. The lowest BCUT2D eigenvalue weighted by Crippen LogP contribution is -2.42. The fourth-order valence-corrected chi connectivity index (χ4v) is 5.79. The highest BCUT2D eigenvalue weighted by Crippen LogP contribution is 2.38. The lowest BCUT2D eigenvalue weighted by Gasteiger charge is -2.38. The minimum atomic E-state index is -1.01. The second kappa shape index (κ2) is 20.0. The van der Waals surface area contributed by atoms with Crippen LogP contribution in [0.4, 0.5) is 4.39 Å². The van der Waals surface area contributed by atoms with Gasteiger partial charge in [0.2, 0.25) is 0 Å². The Bertz CT molecular complexity index is 857. The van der Waals surface area contributed by atoms with Crippen LogP contribution in [-0.4, -0.2) is 80.4 Å². The number of thioether (sulfide) groups is 1. The maximum absolute atomic E-state index is 13.5. The molecule has 39 heavy (non-hydrogen) atoms. The summed E-state index contributed by atoms with van der Waals surface area (Å²) < 4.78 is 19.3. The van der Waals surface area contributed by atoms with Gasteiger partial charge in [0.15, 0.2) is 0 Å². The third-order valence-electron chi connectivity index (χ3n) is 6.88. The van der Waals surface area contributed by atoms with Gasteiger partial charge in [0, 0.05) is 43.1 Å². The number of aliphatic imine (C=N–C) groups is 3. The fraction of sp³-hybridized carbons (Fsp3) is 0.667. The predicted octanol–water partition coefficient (Wildman–Crippen LogP) is 6.16. The van der Waals surface area contributed by atoms with Gasteiger partial charge in [-0.25, -0.2) is 9.38 Å². The van der Waals surface area contributed by atoms with Crippen molar-refractivity contribution in [3.63, 3.8) is 0 Å². The average molecular weight is 564 g/mol. The maximum Gasteiger partial charge on any atom is 0.130 e. The summed E-state index contributed by atoms with van der Waals surface area (Å²) in [5, 5.41) is 0. The van der Waals surface area contributed by atoms with E-state index in [9.17, 15) is 9.18 Å². The van der Waals surface area contributed by atoms with E-state index >= 15 is 0 Å². The lowest BCUT2D eigenvalue weighted by atomic mass is 9.81. The Labute approximate surface area is 240 Å². The van der Waals surface area contributed by atoms with Crippen LogP contribution < -0.4 is 5.73 Å². The number of hydrogen-bond donors (Lipinski definition) is 1. The summed E-state index contributed by atoms with van der Waals surface area (Å²) in [5.74, 6) is 2.06. The zero-order chi connectivity index (χ0) is 29.1. The first-order chi connectivity index (χ1) is 18.9. The topological polar surface area (TPSA) is 92.6 Å². The van der Waals surface area contributed by atoms with Gasteiger partial charge in [0.05, 0.1) is 30.7 Å². The number of halogens is 1. The van der Waals surface area contributed by atoms with Gasteiger partial charge in [-0.2, -0.15) is 0 Å². The number of carbonyl (C=O) groups is 1. The largest absolute Gasteiger partial charge is 0.367 e. The molecule has 4 aliphatic rings. The molecule has 2 aliphatic carbocycles. The highest BCUT2D eigenvalue weighted by atomic mass is 32.2. The van der Waals surface area contributed by atoms with Gasteiger partial charge in [0.1, 0.15) is 17.8 Å². The highest BCUT2D eigenvalue weighted by Gasteiger charge is 2.41. The first-order valence-electron chi connectivity index (χ1n) is 14.0. The fourth-order valence-electron chi connectivity index (χ4n) is 4.85. The molecular weight excluding hydrogens is 513 g/mol. The van der Waals surface area contributed by atoms with Gasteiger partial charge in [-0.15, -0.1) is 24.9 Å². The van der Waals surface area contributed by atoms with E-state index in [2.05, 4.69) is 57.6 Å². The summed E-state index contributed by atoms with van der Waals surface area (Å²) in [6, 6.07) is 0. The molecule has 0 radical (unpaired) electrons. The van der Waals surface area contributed by atoms with Crippen LogP contribution in [0.3, 0.4) is 0 Å². The maximum atomic E-state index is 13.5. The van der Waals surface area contributed by atoms with Crippen molar-refractivity contribution in [1.82, 2.24) is 4.90 Å². The van der Waals surface area contributed by atoms with Gasteiger partial charge >= 0.3 is 0 Å². The Kier molecular flexibility index (Phi) is 18.0. The second-order valence-electron chi connectivity index (χ2n) is 10.2. The average Bonchev–Trinajstić information content (AvgIpc) is 3.36. The molecule has 0 aromatic rings. The van der Waals surface area contributed by atoms with E-state index in [-0.39, 0.29) is 6.10 Å². The van der Waals surface area contributed by atoms with Crippen LogP contribution >= 0.6 is 11.8 Å². The van der Waals surface area contributed by atoms with Crippen molar-refractivity contribution in [3.8, 4) is 0 Å². The molecule has 0 amide bonds. The number of nitrogens with two attached hydrogens (primary N) is 1. The summed E-state index contributed by atoms with van der Waals surface area (Å²) in [4.78, 5) is 25.9. The standard InChI is InChI=1S/C21H33FN2OS.C6H8N2O.C2H4.CH5N/c1-21(22)13-18(14-21)25-16-26-20-10-12-24(15-19(20)23-2)11-6-9-17-7-4-3-5-8-17;1-5-4-7-6(8-5)2-3-9;2*1-2/h6,9,17-18H,2-5,7-8,10-16H2,1H3;3H,2,4H2,1H3;1-2H2;2H2,1H3/b9-6-;;;. The van der Waals surface area contributed by atoms with E-state index in [0.29, 0.717) is 37.6 Å². The molecule has 0 saturated heterocycles. The van der Waals surface area contributed by atoms with Crippen molar-refractivity contribution >= 4 is 36.3 Å². The number of rotatable bonds is 10. The van der Waals surface area contributed by atoms with Crippen molar-refractivity contribution in [2.45, 2.75) is 83.4 Å². The molecule has 2 heterocycles. The van der Waals surface area contributed by atoms with Crippen molar-refractivity contribution in [3.05, 3.63) is 35.9 Å². The van der Waals surface area contributed by atoms with Gasteiger partial charge in [-0.05, 0) is 52.8 Å². The number of hydrogen-bond acceptors (Lipinski definition) is 8. The SMILES string of the molecule is C=C.C=NC1=C(SCOC2CC(C)(F)C2)CCN(C/C=C\C2CCCCC2)C1.CC1=NC(CC=O)=NC1.CN. The summed E-state index contributed by atoms with van der Waals surface area (Å²) in [6.07, 6.45) is 15.0. The van der Waals surface area contributed by atoms with Crippen molar-refractivity contribution < 1.29 is 13.9 Å². The van der Waals surface area contributed by atoms with Crippen LogP contribution in [-0.2, 0) is 9.53 Å². The van der Waals surface area contributed by atoms with Crippen LogP contribution in [0.1, 0.15) is 71.6 Å². The van der Waals surface area contributed by atoms with E-state index in [0.717, 1.165) is 49.7 Å². The number of ether oxygens (including phenoxy) is 1. The zero-order valence-electron chi connectivity index (χ0n) is 24.4. The van der Waals surface area contributed by atoms with Crippen LogP contribution in [0.15, 0.2) is 50.9 Å². The molecule has 0 bridgehead atoms. The van der Waals surface area contributed by atoms with E-state index in [4.69, 9.17) is 4.74 Å². The summed E-state index contributed by atoms with van der Waals surface area (Å²) >= 11 is 1.71. The normalized spacial score (nSPS) is 25.1. The quantitative estimate of drug-likeness (QED) is 0.149. The van der Waals surface area contributed by atoms with Crippen LogP contribution in [0.2, 0.25) is 0 Å². The summed E-state index contributed by atoms with van der Waals surface area (Å²) in [6.45, 7) is 16.9. The molecule has 220 valence electrons. The molecule has 2 saturated carbocycles. The molecule has 0 spiro atoms. The molecule has 0 unspecified atom stereocenters. The number of nitrogens with zero attached hydrogens (tertiary/aromatic N) is 4. The lowest BCUT2D eigenvalue weighted by molar-refractivity contribution is -0.106. The van der Waals surface area contributed by atoms with Gasteiger partial charge in [0.25, 0.3) is 0 Å². The van der Waals surface area contributed by atoms with E-state index < -0.39 is 5.67 Å². The molecule has 0 atom stereocenters. The van der Waals surface area contributed by atoms with Gasteiger partial charge < -0.3 is 15.3 Å². The number of allylic oxidation sites excluding steroid dienone is 1. The van der Waals surface area contributed by atoms with E-state index in [1.165, 1.54) is 44.1 Å². The molecule has 2 aliphatic heterocycles. The molecule has 7 nitrogen and oxygen atoms in total. The predicted molar refractivity (Wildman–Crippen MR) is 167 cm³/mol. The Balaban J connectivity index is 0.000000489. The minimum absolute atomic E-state index is 0.0863. The summed E-state index contributed by atoms with van der Waals surface area (Å²) in [7, 11) is 1.50.